The minimum atomic E-state index is -0.0821. The molecule has 22 heavy (non-hydrogen) atoms. The second-order valence-electron chi connectivity index (χ2n) is 6.63. The van der Waals surface area contributed by atoms with E-state index in [0.29, 0.717) is 23.4 Å². The van der Waals surface area contributed by atoms with Gasteiger partial charge in [-0.15, -0.1) is 11.8 Å². The maximum absolute atomic E-state index is 12.5. The second kappa shape index (κ2) is 5.30. The zero-order chi connectivity index (χ0) is 15.3. The first-order valence-corrected chi connectivity index (χ1v) is 8.92. The lowest BCUT2D eigenvalue weighted by Gasteiger charge is -2.22. The lowest BCUT2D eigenvalue weighted by molar-refractivity contribution is -0.115. The quantitative estimate of drug-likeness (QED) is 0.897. The Morgan fingerprint density at radius 3 is 2.59 bits per heavy atom. The van der Waals surface area contributed by atoms with Crippen molar-refractivity contribution in [2.45, 2.75) is 48.8 Å². The molecule has 0 saturated heterocycles. The van der Waals surface area contributed by atoms with Crippen LogP contribution in [0.15, 0.2) is 23.1 Å². The third kappa shape index (κ3) is 2.74. The summed E-state index contributed by atoms with van der Waals surface area (Å²) >= 11 is 1.54. The van der Waals surface area contributed by atoms with Crippen LogP contribution in [0.1, 0.15) is 43.0 Å². The van der Waals surface area contributed by atoms with E-state index in [-0.39, 0.29) is 17.1 Å². The van der Waals surface area contributed by atoms with Crippen LogP contribution in [-0.2, 0) is 4.79 Å². The average molecular weight is 316 g/mol. The molecule has 4 nitrogen and oxygen atoms in total. The highest BCUT2D eigenvalue weighted by molar-refractivity contribution is 8.00. The van der Waals surface area contributed by atoms with Crippen molar-refractivity contribution in [1.29, 1.82) is 0 Å². The highest BCUT2D eigenvalue weighted by atomic mass is 32.2. The van der Waals surface area contributed by atoms with Crippen molar-refractivity contribution in [3.8, 4) is 0 Å². The van der Waals surface area contributed by atoms with Gasteiger partial charge in [0.15, 0.2) is 0 Å². The summed E-state index contributed by atoms with van der Waals surface area (Å²) in [7, 11) is 0. The van der Waals surface area contributed by atoms with Gasteiger partial charge in [0.25, 0.3) is 5.91 Å². The number of rotatable bonds is 4. The predicted molar refractivity (Wildman–Crippen MR) is 87.1 cm³/mol. The minimum absolute atomic E-state index is 0.00361. The first-order chi connectivity index (χ1) is 10.6. The largest absolute Gasteiger partial charge is 0.349 e. The van der Waals surface area contributed by atoms with Crippen molar-refractivity contribution < 1.29 is 9.59 Å². The summed E-state index contributed by atoms with van der Waals surface area (Å²) in [6.07, 6.45) is 4.99. The molecule has 1 aromatic rings. The molecule has 0 radical (unpaired) electrons. The molecule has 2 saturated carbocycles. The molecule has 116 valence electrons. The second-order valence-corrected chi connectivity index (χ2v) is 8.02. The molecule has 4 rings (SSSR count). The Labute approximate surface area is 134 Å². The van der Waals surface area contributed by atoms with E-state index in [1.54, 1.807) is 17.8 Å². The van der Waals surface area contributed by atoms with Crippen molar-refractivity contribution in [1.82, 2.24) is 5.32 Å². The summed E-state index contributed by atoms with van der Waals surface area (Å²) in [5.41, 5.74) is 1.40. The summed E-state index contributed by atoms with van der Waals surface area (Å²) in [6.45, 7) is 1.89. The molecule has 0 bridgehead atoms. The monoisotopic (exact) mass is 316 g/mol. The fraction of sp³-hybridized carbons (Fsp3) is 0.529. The summed E-state index contributed by atoms with van der Waals surface area (Å²) in [5, 5.41) is 6.03. The van der Waals surface area contributed by atoms with E-state index in [1.165, 1.54) is 25.7 Å². The summed E-state index contributed by atoms with van der Waals surface area (Å²) in [5.74, 6) is 1.36. The van der Waals surface area contributed by atoms with Crippen LogP contribution in [0.25, 0.3) is 0 Å². The topological polar surface area (TPSA) is 58.2 Å². The molecule has 0 spiro atoms. The van der Waals surface area contributed by atoms with E-state index in [2.05, 4.69) is 10.6 Å². The van der Waals surface area contributed by atoms with Crippen LogP contribution in [0.4, 0.5) is 5.69 Å². The number of nitrogens with one attached hydrogen (secondary N) is 2. The highest BCUT2D eigenvalue weighted by Crippen LogP contribution is 2.44. The maximum atomic E-state index is 12.5. The van der Waals surface area contributed by atoms with Gasteiger partial charge in [-0.1, -0.05) is 0 Å². The van der Waals surface area contributed by atoms with Crippen LogP contribution >= 0.6 is 11.8 Å². The predicted octanol–water partition coefficient (Wildman–Crippen LogP) is 3.04. The zero-order valence-corrected chi connectivity index (χ0v) is 13.4. The number of anilines is 1. The Balaban J connectivity index is 1.51. The van der Waals surface area contributed by atoms with Crippen LogP contribution in [-0.4, -0.2) is 23.1 Å². The molecule has 0 aromatic heterocycles. The molecule has 1 atom stereocenters. The first kappa shape index (κ1) is 14.1. The van der Waals surface area contributed by atoms with Gasteiger partial charge in [-0.2, -0.15) is 0 Å². The Hall–Kier alpha value is -1.49. The molecular weight excluding hydrogens is 296 g/mol. The van der Waals surface area contributed by atoms with Crippen molar-refractivity contribution >= 4 is 29.3 Å². The molecule has 2 aliphatic carbocycles. The summed E-state index contributed by atoms with van der Waals surface area (Å²) < 4.78 is 0. The van der Waals surface area contributed by atoms with Crippen molar-refractivity contribution in [2.24, 2.45) is 11.8 Å². The van der Waals surface area contributed by atoms with Crippen LogP contribution < -0.4 is 10.6 Å². The van der Waals surface area contributed by atoms with Gasteiger partial charge in [0.1, 0.15) is 0 Å². The Bertz CT molecular complexity index is 626. The minimum Gasteiger partial charge on any atom is -0.349 e. The van der Waals surface area contributed by atoms with Crippen LogP contribution in [0.2, 0.25) is 0 Å². The first-order valence-electron chi connectivity index (χ1n) is 8.04. The summed E-state index contributed by atoms with van der Waals surface area (Å²) in [6, 6.07) is 5.96. The van der Waals surface area contributed by atoms with E-state index in [4.69, 9.17) is 0 Å². The Morgan fingerprint density at radius 2 is 1.95 bits per heavy atom. The van der Waals surface area contributed by atoms with Gasteiger partial charge < -0.3 is 10.6 Å². The zero-order valence-electron chi connectivity index (χ0n) is 12.6. The summed E-state index contributed by atoms with van der Waals surface area (Å²) in [4.78, 5) is 25.3. The maximum Gasteiger partial charge on any atom is 0.251 e. The average Bonchev–Trinajstić information content (AvgIpc) is 3.38. The third-order valence-electron chi connectivity index (χ3n) is 4.73. The van der Waals surface area contributed by atoms with Crippen LogP contribution in [0.5, 0.6) is 0 Å². The number of fused-ring (bicyclic) bond motifs is 1. The van der Waals surface area contributed by atoms with Crippen LogP contribution in [0, 0.1) is 11.8 Å². The Morgan fingerprint density at radius 1 is 1.27 bits per heavy atom. The van der Waals surface area contributed by atoms with E-state index < -0.39 is 0 Å². The van der Waals surface area contributed by atoms with Gasteiger partial charge in [-0.05, 0) is 62.6 Å². The SMILES string of the molecule is CC1Sc2ccc(C(=O)NC(C3CC3)C3CC3)cc2NC1=O. The number of benzene rings is 1. The molecule has 1 aliphatic heterocycles. The molecule has 2 N–H and O–H groups in total. The molecule has 1 heterocycles. The third-order valence-corrected chi connectivity index (χ3v) is 5.91. The van der Waals surface area contributed by atoms with Gasteiger partial charge in [-0.25, -0.2) is 0 Å². The molecule has 1 aromatic carbocycles. The number of hydrogen-bond acceptors (Lipinski definition) is 3. The lowest BCUT2D eigenvalue weighted by atomic mass is 10.1. The molecule has 5 heteroatoms. The highest BCUT2D eigenvalue weighted by Gasteiger charge is 2.42. The van der Waals surface area contributed by atoms with Crippen molar-refractivity contribution in [2.75, 3.05) is 5.32 Å². The normalized spacial score (nSPS) is 23.9. The van der Waals surface area contributed by atoms with Gasteiger partial charge in [-0.3, -0.25) is 9.59 Å². The fourth-order valence-corrected chi connectivity index (χ4v) is 4.05. The number of hydrogen-bond donors (Lipinski definition) is 2. The van der Waals surface area contributed by atoms with Gasteiger partial charge in [0.2, 0.25) is 5.91 Å². The van der Waals surface area contributed by atoms with E-state index in [9.17, 15) is 9.59 Å². The number of carbonyl (C=O) groups excluding carboxylic acids is 2. The lowest BCUT2D eigenvalue weighted by Crippen LogP contribution is -2.38. The molecular formula is C17H20N2O2S. The number of thioether (sulfide) groups is 1. The number of carbonyl (C=O) groups is 2. The smallest absolute Gasteiger partial charge is 0.251 e. The van der Waals surface area contributed by atoms with Gasteiger partial charge in [0, 0.05) is 16.5 Å². The van der Waals surface area contributed by atoms with Crippen molar-refractivity contribution in [3.05, 3.63) is 23.8 Å². The van der Waals surface area contributed by atoms with E-state index >= 15 is 0 Å². The molecule has 1 unspecified atom stereocenters. The fourth-order valence-electron chi connectivity index (χ4n) is 3.12. The van der Waals surface area contributed by atoms with E-state index in [1.807, 2.05) is 19.1 Å². The standard InChI is InChI=1S/C17H20N2O2S/c1-9-16(20)18-13-8-12(6-7-14(13)22-9)17(21)19-15(10-2-3-10)11-4-5-11/h6-11,15H,2-5H2,1H3,(H,18,20)(H,19,21). The van der Waals surface area contributed by atoms with E-state index in [0.717, 1.165) is 10.6 Å². The molecule has 2 fully saturated rings. The number of amides is 2. The Kier molecular flexibility index (Phi) is 3.40. The van der Waals surface area contributed by atoms with Crippen LogP contribution in [0.3, 0.4) is 0 Å². The molecule has 2 amide bonds. The molecule has 3 aliphatic rings. The van der Waals surface area contributed by atoms with Crippen molar-refractivity contribution in [3.63, 3.8) is 0 Å². The van der Waals surface area contributed by atoms with Gasteiger partial charge in [0.05, 0.1) is 10.9 Å². The van der Waals surface area contributed by atoms with Gasteiger partial charge >= 0.3 is 0 Å².